The molecule has 2 heteroatoms. The molecule has 0 bridgehead atoms. The molecule has 2 N–H and O–H groups in total. The Labute approximate surface area is 61.4 Å². The lowest BCUT2D eigenvalue weighted by Crippen LogP contribution is -2.11. The molecule has 0 saturated carbocycles. The predicted octanol–water partition coefficient (Wildman–Crippen LogP) is 1.24. The molecule has 0 aromatic heterocycles. The monoisotopic (exact) mass is 139 g/mol. The van der Waals surface area contributed by atoms with Gasteiger partial charge in [-0.15, -0.1) is 0 Å². The Morgan fingerprint density at radius 1 is 1.60 bits per heavy atom. The number of rotatable bonds is 3. The largest absolute Gasteiger partial charge is 0.366 e. The molecular weight excluding hydrogens is 126 g/mol. The summed E-state index contributed by atoms with van der Waals surface area (Å²) < 4.78 is 0. The van der Waals surface area contributed by atoms with Gasteiger partial charge in [0.2, 0.25) is 5.91 Å². The Balaban J connectivity index is 3.91. The van der Waals surface area contributed by atoms with Crippen LogP contribution >= 0.6 is 0 Å². The molecule has 0 heterocycles. The van der Waals surface area contributed by atoms with Gasteiger partial charge in [-0.25, -0.2) is 0 Å². The van der Waals surface area contributed by atoms with E-state index < -0.39 is 5.91 Å². The first-order chi connectivity index (χ1) is 4.54. The lowest BCUT2D eigenvalue weighted by molar-refractivity contribution is -0.114. The molecular formula is C8H13NO. The van der Waals surface area contributed by atoms with Crippen molar-refractivity contribution in [2.24, 2.45) is 11.7 Å². The summed E-state index contributed by atoms with van der Waals surface area (Å²) in [5, 5.41) is 0. The molecule has 0 radical (unpaired) electrons. The molecule has 2 nitrogen and oxygen atoms in total. The summed E-state index contributed by atoms with van der Waals surface area (Å²) in [7, 11) is 0. The topological polar surface area (TPSA) is 43.1 Å². The van der Waals surface area contributed by atoms with Crippen LogP contribution in [-0.2, 0) is 4.79 Å². The number of primary amides is 1. The number of carbonyl (C=O) groups excluding carboxylic acids is 1. The van der Waals surface area contributed by atoms with Gasteiger partial charge in [0.25, 0.3) is 0 Å². The van der Waals surface area contributed by atoms with E-state index in [-0.39, 0.29) is 0 Å². The molecule has 0 aliphatic rings. The highest BCUT2D eigenvalue weighted by atomic mass is 16.1. The fraction of sp³-hybridized carbons (Fsp3) is 0.375. The maximum atomic E-state index is 10.4. The lowest BCUT2D eigenvalue weighted by atomic mass is 10.1. The first-order valence-electron chi connectivity index (χ1n) is 3.21. The number of hydrogen-bond acceptors (Lipinski definition) is 1. The smallest absolute Gasteiger partial charge is 0.248 e. The van der Waals surface area contributed by atoms with Crippen molar-refractivity contribution in [2.75, 3.05) is 0 Å². The molecule has 0 atom stereocenters. The van der Waals surface area contributed by atoms with E-state index in [4.69, 9.17) is 5.73 Å². The second-order valence-electron chi connectivity index (χ2n) is 2.49. The van der Waals surface area contributed by atoms with Gasteiger partial charge in [-0.2, -0.15) is 0 Å². The van der Waals surface area contributed by atoms with Crippen molar-refractivity contribution < 1.29 is 4.79 Å². The second kappa shape index (κ2) is 3.88. The number of amides is 1. The van der Waals surface area contributed by atoms with E-state index in [1.165, 1.54) is 0 Å². The van der Waals surface area contributed by atoms with Crippen molar-refractivity contribution in [1.82, 2.24) is 0 Å². The average molecular weight is 139 g/mol. The van der Waals surface area contributed by atoms with E-state index in [2.05, 4.69) is 6.58 Å². The number of hydrogen-bond donors (Lipinski definition) is 1. The summed E-state index contributed by atoms with van der Waals surface area (Å²) >= 11 is 0. The molecule has 0 spiro atoms. The normalized spacial score (nSPS) is 10.7. The second-order valence-corrected chi connectivity index (χ2v) is 2.49. The molecule has 0 rings (SSSR count). The van der Waals surface area contributed by atoms with E-state index in [1.807, 2.05) is 19.9 Å². The third-order valence-corrected chi connectivity index (χ3v) is 0.999. The molecule has 0 saturated heterocycles. The Hall–Kier alpha value is -1.05. The van der Waals surface area contributed by atoms with Crippen LogP contribution in [0, 0.1) is 5.92 Å². The molecule has 1 amide bonds. The highest BCUT2D eigenvalue weighted by molar-refractivity contribution is 5.94. The molecule has 0 aromatic carbocycles. The van der Waals surface area contributed by atoms with E-state index in [0.29, 0.717) is 11.5 Å². The summed E-state index contributed by atoms with van der Waals surface area (Å²) in [6.45, 7) is 7.50. The van der Waals surface area contributed by atoms with Crippen LogP contribution in [-0.4, -0.2) is 5.91 Å². The van der Waals surface area contributed by atoms with Gasteiger partial charge in [-0.3, -0.25) is 4.79 Å². The van der Waals surface area contributed by atoms with Crippen molar-refractivity contribution in [2.45, 2.75) is 13.8 Å². The van der Waals surface area contributed by atoms with Crippen molar-refractivity contribution in [1.29, 1.82) is 0 Å². The van der Waals surface area contributed by atoms with Crippen LogP contribution in [0.25, 0.3) is 0 Å². The number of carbonyl (C=O) groups is 1. The zero-order valence-corrected chi connectivity index (χ0v) is 6.42. The van der Waals surface area contributed by atoms with Gasteiger partial charge < -0.3 is 5.73 Å². The first-order valence-corrected chi connectivity index (χ1v) is 3.21. The van der Waals surface area contributed by atoms with Gasteiger partial charge in [0, 0.05) is 5.57 Å². The molecule has 0 fully saturated rings. The van der Waals surface area contributed by atoms with Crippen LogP contribution in [0.5, 0.6) is 0 Å². The zero-order valence-electron chi connectivity index (χ0n) is 6.42. The van der Waals surface area contributed by atoms with E-state index >= 15 is 0 Å². The van der Waals surface area contributed by atoms with Gasteiger partial charge >= 0.3 is 0 Å². The van der Waals surface area contributed by atoms with Gasteiger partial charge in [-0.1, -0.05) is 32.6 Å². The minimum atomic E-state index is -0.461. The van der Waals surface area contributed by atoms with Gasteiger partial charge in [0.15, 0.2) is 0 Å². The van der Waals surface area contributed by atoms with Crippen molar-refractivity contribution in [3.05, 3.63) is 24.3 Å². The van der Waals surface area contributed by atoms with Gasteiger partial charge in [0.05, 0.1) is 0 Å². The highest BCUT2D eigenvalue weighted by Crippen LogP contribution is 1.97. The highest BCUT2D eigenvalue weighted by Gasteiger charge is 1.94. The van der Waals surface area contributed by atoms with Crippen LogP contribution in [0.3, 0.4) is 0 Å². The molecule has 0 unspecified atom stereocenters. The van der Waals surface area contributed by atoms with Crippen LogP contribution in [0.4, 0.5) is 0 Å². The molecule has 56 valence electrons. The summed E-state index contributed by atoms with van der Waals surface area (Å²) in [5.74, 6) is -0.0343. The fourth-order valence-corrected chi connectivity index (χ4v) is 0.391. The Morgan fingerprint density at radius 2 is 2.10 bits per heavy atom. The molecule has 0 aliphatic heterocycles. The molecule has 0 aromatic rings. The Morgan fingerprint density at radius 3 is 2.40 bits per heavy atom. The van der Waals surface area contributed by atoms with Crippen LogP contribution in [0.2, 0.25) is 0 Å². The van der Waals surface area contributed by atoms with Crippen LogP contribution in [0.1, 0.15) is 13.8 Å². The summed E-state index contributed by atoms with van der Waals surface area (Å²) in [5.41, 5.74) is 5.29. The third kappa shape index (κ3) is 3.89. The standard InChI is InChI=1S/C8H13NO/c1-6(2)4-5-7(3)8(9)10/h4-6H,3H2,1-2H3,(H2,9,10). The van der Waals surface area contributed by atoms with Crippen molar-refractivity contribution in [3.8, 4) is 0 Å². The minimum absolute atomic E-state index is 0.355. The summed E-state index contributed by atoms with van der Waals surface area (Å²) in [6, 6.07) is 0. The van der Waals surface area contributed by atoms with E-state index in [1.54, 1.807) is 6.08 Å². The first kappa shape index (κ1) is 8.95. The van der Waals surface area contributed by atoms with E-state index in [9.17, 15) is 4.79 Å². The maximum absolute atomic E-state index is 10.4. The number of allylic oxidation sites excluding steroid dienone is 1. The molecule has 10 heavy (non-hydrogen) atoms. The van der Waals surface area contributed by atoms with Gasteiger partial charge in [-0.05, 0) is 5.92 Å². The minimum Gasteiger partial charge on any atom is -0.366 e. The fourth-order valence-electron chi connectivity index (χ4n) is 0.391. The van der Waals surface area contributed by atoms with Crippen molar-refractivity contribution >= 4 is 5.91 Å². The number of nitrogens with two attached hydrogens (primary N) is 1. The van der Waals surface area contributed by atoms with E-state index in [0.717, 1.165) is 0 Å². The van der Waals surface area contributed by atoms with Crippen molar-refractivity contribution in [3.63, 3.8) is 0 Å². The Kier molecular flexibility index (Phi) is 3.47. The SMILES string of the molecule is C=C(C=CC(C)C)C(N)=O. The summed E-state index contributed by atoms with van der Waals surface area (Å²) in [4.78, 5) is 10.4. The Bertz CT molecular complexity index is 168. The average Bonchev–Trinajstić information content (AvgIpc) is 1.82. The third-order valence-electron chi connectivity index (χ3n) is 0.999. The summed E-state index contributed by atoms with van der Waals surface area (Å²) in [6.07, 6.45) is 3.53. The predicted molar refractivity (Wildman–Crippen MR) is 42.3 cm³/mol. The maximum Gasteiger partial charge on any atom is 0.248 e. The van der Waals surface area contributed by atoms with Gasteiger partial charge in [0.1, 0.15) is 0 Å². The van der Waals surface area contributed by atoms with Crippen LogP contribution < -0.4 is 5.73 Å². The lowest BCUT2D eigenvalue weighted by Gasteiger charge is -1.93. The zero-order chi connectivity index (χ0) is 8.15. The molecule has 0 aliphatic carbocycles. The van der Waals surface area contributed by atoms with Crippen LogP contribution in [0.15, 0.2) is 24.3 Å². The quantitative estimate of drug-likeness (QED) is 0.464.